The van der Waals surface area contributed by atoms with Crippen LogP contribution in [0.25, 0.3) is 0 Å². The molecule has 6 heteroatoms. The summed E-state index contributed by atoms with van der Waals surface area (Å²) in [5.74, 6) is 1.29. The van der Waals surface area contributed by atoms with Crippen molar-refractivity contribution in [3.05, 3.63) is 30.5 Å². The maximum Gasteiger partial charge on any atom is 0.244 e. The van der Waals surface area contributed by atoms with Gasteiger partial charge in [-0.05, 0) is 51.0 Å². The number of nitrogens with one attached hydrogen (secondary N) is 2. The Kier molecular flexibility index (Phi) is 4.37. The van der Waals surface area contributed by atoms with E-state index in [1.807, 2.05) is 0 Å². The Hall–Kier alpha value is -2.37. The van der Waals surface area contributed by atoms with Crippen LogP contribution in [0, 0.1) is 0 Å². The quantitative estimate of drug-likeness (QED) is 0.819. The van der Waals surface area contributed by atoms with Gasteiger partial charge in [-0.15, -0.1) is 5.10 Å². The minimum absolute atomic E-state index is 0.519. The second-order valence-corrected chi connectivity index (χ2v) is 5.43. The Labute approximate surface area is 131 Å². The van der Waals surface area contributed by atoms with Crippen molar-refractivity contribution in [3.8, 4) is 0 Å². The van der Waals surface area contributed by atoms with Gasteiger partial charge in [-0.1, -0.05) is 0 Å². The number of nitrogens with zero attached hydrogens (tertiary/aromatic N) is 4. The molecule has 1 saturated carbocycles. The fraction of sp³-hybridized carbons (Fsp3) is 0.438. The third-order valence-electron chi connectivity index (χ3n) is 3.74. The molecule has 1 aromatic heterocycles. The van der Waals surface area contributed by atoms with Gasteiger partial charge in [0.1, 0.15) is 0 Å². The van der Waals surface area contributed by atoms with E-state index in [0.29, 0.717) is 17.8 Å². The number of hydrogen-bond acceptors (Lipinski definition) is 6. The molecule has 1 fully saturated rings. The molecule has 0 atom stereocenters. The highest BCUT2D eigenvalue weighted by Crippen LogP contribution is 2.24. The molecule has 0 amide bonds. The van der Waals surface area contributed by atoms with Crippen LogP contribution >= 0.6 is 0 Å². The second-order valence-electron chi connectivity index (χ2n) is 5.43. The zero-order valence-electron chi connectivity index (χ0n) is 13.1. The summed E-state index contributed by atoms with van der Waals surface area (Å²) in [5.41, 5.74) is 2.22. The summed E-state index contributed by atoms with van der Waals surface area (Å²) in [7, 11) is 0. The van der Waals surface area contributed by atoms with Gasteiger partial charge in [0.2, 0.25) is 5.95 Å². The van der Waals surface area contributed by atoms with Crippen molar-refractivity contribution in [1.82, 2.24) is 15.2 Å². The fourth-order valence-corrected chi connectivity index (χ4v) is 2.33. The zero-order chi connectivity index (χ0) is 15.4. The maximum atomic E-state index is 4.43. The van der Waals surface area contributed by atoms with Gasteiger partial charge in [-0.3, -0.25) is 0 Å². The highest BCUT2D eigenvalue weighted by Gasteiger charge is 2.22. The largest absolute Gasteiger partial charge is 0.372 e. The average Bonchev–Trinajstić information content (AvgIpc) is 3.34. The second kappa shape index (κ2) is 6.60. The summed E-state index contributed by atoms with van der Waals surface area (Å²) in [4.78, 5) is 6.74. The smallest absolute Gasteiger partial charge is 0.244 e. The molecule has 2 N–H and O–H groups in total. The molecule has 0 unspecified atom stereocenters. The molecule has 1 heterocycles. The molecule has 0 aliphatic heterocycles. The summed E-state index contributed by atoms with van der Waals surface area (Å²) >= 11 is 0. The molecule has 0 spiro atoms. The van der Waals surface area contributed by atoms with Crippen molar-refractivity contribution in [2.75, 3.05) is 28.6 Å². The van der Waals surface area contributed by atoms with Crippen molar-refractivity contribution in [2.45, 2.75) is 32.7 Å². The minimum Gasteiger partial charge on any atom is -0.372 e. The monoisotopic (exact) mass is 298 g/mol. The van der Waals surface area contributed by atoms with Crippen LogP contribution in [0.3, 0.4) is 0 Å². The van der Waals surface area contributed by atoms with E-state index in [1.165, 1.54) is 18.5 Å². The summed E-state index contributed by atoms with van der Waals surface area (Å²) < 4.78 is 0. The lowest BCUT2D eigenvalue weighted by atomic mass is 10.2. The van der Waals surface area contributed by atoms with Crippen LogP contribution in [-0.4, -0.2) is 34.3 Å². The van der Waals surface area contributed by atoms with Crippen molar-refractivity contribution in [2.24, 2.45) is 0 Å². The minimum atomic E-state index is 0.519. The first kappa shape index (κ1) is 14.6. The van der Waals surface area contributed by atoms with Crippen LogP contribution in [-0.2, 0) is 0 Å². The predicted molar refractivity (Wildman–Crippen MR) is 89.8 cm³/mol. The van der Waals surface area contributed by atoms with Crippen molar-refractivity contribution >= 4 is 23.1 Å². The lowest BCUT2D eigenvalue weighted by Gasteiger charge is -2.21. The van der Waals surface area contributed by atoms with E-state index < -0.39 is 0 Å². The van der Waals surface area contributed by atoms with Crippen molar-refractivity contribution in [3.63, 3.8) is 0 Å². The molecular formula is C16H22N6. The number of aromatic nitrogens is 3. The molecule has 3 rings (SSSR count). The topological polar surface area (TPSA) is 66.0 Å². The lowest BCUT2D eigenvalue weighted by Crippen LogP contribution is -2.21. The number of benzene rings is 1. The van der Waals surface area contributed by atoms with Gasteiger partial charge in [0.25, 0.3) is 0 Å². The van der Waals surface area contributed by atoms with Crippen molar-refractivity contribution < 1.29 is 0 Å². The summed E-state index contributed by atoms with van der Waals surface area (Å²) in [6, 6.07) is 8.87. The van der Waals surface area contributed by atoms with Crippen LogP contribution in [0.5, 0.6) is 0 Å². The van der Waals surface area contributed by atoms with E-state index in [4.69, 9.17) is 0 Å². The number of hydrogen-bond donors (Lipinski definition) is 2. The van der Waals surface area contributed by atoms with E-state index in [9.17, 15) is 0 Å². The fourth-order valence-electron chi connectivity index (χ4n) is 2.33. The van der Waals surface area contributed by atoms with Crippen LogP contribution in [0.4, 0.5) is 23.1 Å². The molecule has 0 radical (unpaired) electrons. The normalized spacial score (nSPS) is 13.7. The molecule has 0 saturated heterocycles. The molecule has 22 heavy (non-hydrogen) atoms. The molecule has 0 bridgehead atoms. The third kappa shape index (κ3) is 3.63. The highest BCUT2D eigenvalue weighted by molar-refractivity contribution is 5.60. The molecule has 1 aliphatic carbocycles. The van der Waals surface area contributed by atoms with Gasteiger partial charge in [-0.2, -0.15) is 10.1 Å². The van der Waals surface area contributed by atoms with Gasteiger partial charge in [0.05, 0.1) is 6.20 Å². The van der Waals surface area contributed by atoms with Crippen molar-refractivity contribution in [1.29, 1.82) is 0 Å². The van der Waals surface area contributed by atoms with Gasteiger partial charge >= 0.3 is 0 Å². The highest BCUT2D eigenvalue weighted by atomic mass is 15.3. The Morgan fingerprint density at radius 3 is 2.50 bits per heavy atom. The molecule has 116 valence electrons. The summed E-state index contributed by atoms with van der Waals surface area (Å²) in [6.45, 7) is 6.35. The van der Waals surface area contributed by atoms with E-state index in [-0.39, 0.29) is 0 Å². The standard InChI is InChI=1S/C16H22N6/c1-3-22(4-2)14-9-7-12(8-10-14)18-15-11-17-21-16(20-15)19-13-5-6-13/h7-11,13H,3-6H2,1-2H3,(H2,18,19,20,21). The molecular weight excluding hydrogens is 276 g/mol. The molecule has 6 nitrogen and oxygen atoms in total. The van der Waals surface area contributed by atoms with E-state index in [2.05, 4.69) is 68.8 Å². The zero-order valence-corrected chi connectivity index (χ0v) is 13.1. The summed E-state index contributed by atoms with van der Waals surface area (Å²) in [6.07, 6.45) is 4.01. The lowest BCUT2D eigenvalue weighted by molar-refractivity contribution is 0.866. The summed E-state index contributed by atoms with van der Waals surface area (Å²) in [5, 5.41) is 14.5. The maximum absolute atomic E-state index is 4.43. The van der Waals surface area contributed by atoms with Crippen LogP contribution in [0.15, 0.2) is 30.5 Å². The van der Waals surface area contributed by atoms with Gasteiger partial charge in [0.15, 0.2) is 5.82 Å². The Balaban J connectivity index is 1.67. The Morgan fingerprint density at radius 2 is 1.86 bits per heavy atom. The van der Waals surface area contributed by atoms with E-state index in [0.717, 1.165) is 18.8 Å². The third-order valence-corrected chi connectivity index (χ3v) is 3.74. The van der Waals surface area contributed by atoms with E-state index in [1.54, 1.807) is 6.20 Å². The predicted octanol–water partition coefficient (Wildman–Crippen LogP) is 3.04. The molecule has 1 aliphatic rings. The SMILES string of the molecule is CCN(CC)c1ccc(Nc2cnnc(NC3CC3)n2)cc1. The first-order chi connectivity index (χ1) is 10.8. The Morgan fingerprint density at radius 1 is 1.14 bits per heavy atom. The Bertz CT molecular complexity index is 604. The molecule has 1 aromatic carbocycles. The van der Waals surface area contributed by atoms with E-state index >= 15 is 0 Å². The first-order valence-corrected chi connectivity index (χ1v) is 7.86. The number of rotatable bonds is 7. The van der Waals surface area contributed by atoms with Gasteiger partial charge < -0.3 is 15.5 Å². The molecule has 2 aromatic rings. The van der Waals surface area contributed by atoms with Gasteiger partial charge in [-0.25, -0.2) is 0 Å². The first-order valence-electron chi connectivity index (χ1n) is 7.86. The van der Waals surface area contributed by atoms with Crippen LogP contribution in [0.1, 0.15) is 26.7 Å². The average molecular weight is 298 g/mol. The number of anilines is 4. The van der Waals surface area contributed by atoms with Crippen LogP contribution in [0.2, 0.25) is 0 Å². The van der Waals surface area contributed by atoms with Gasteiger partial charge in [0, 0.05) is 30.5 Å². The van der Waals surface area contributed by atoms with Crippen LogP contribution < -0.4 is 15.5 Å².